The Labute approximate surface area is 121 Å². The smallest absolute Gasteiger partial charge is 0.341 e. The van der Waals surface area contributed by atoms with E-state index in [9.17, 15) is 9.59 Å². The molecule has 1 saturated carbocycles. The molecule has 1 fully saturated rings. The van der Waals surface area contributed by atoms with Crippen LogP contribution in [0.15, 0.2) is 18.2 Å². The van der Waals surface area contributed by atoms with E-state index >= 15 is 0 Å². The van der Waals surface area contributed by atoms with Gasteiger partial charge in [0.1, 0.15) is 11.3 Å². The van der Waals surface area contributed by atoms with E-state index in [2.05, 4.69) is 5.32 Å². The number of carboxylic acid groups (broad SMARTS) is 1. The highest BCUT2D eigenvalue weighted by Crippen LogP contribution is 2.26. The van der Waals surface area contributed by atoms with E-state index in [1.54, 1.807) is 6.07 Å². The first-order chi connectivity index (χ1) is 9.58. The molecule has 0 radical (unpaired) electrons. The van der Waals surface area contributed by atoms with E-state index in [1.165, 1.54) is 12.1 Å². The van der Waals surface area contributed by atoms with Gasteiger partial charge in [-0.1, -0.05) is 30.5 Å². The summed E-state index contributed by atoms with van der Waals surface area (Å²) in [7, 11) is 0. The van der Waals surface area contributed by atoms with Crippen LogP contribution >= 0.6 is 11.6 Å². The van der Waals surface area contributed by atoms with Crippen molar-refractivity contribution in [2.45, 2.75) is 31.7 Å². The first-order valence-corrected chi connectivity index (χ1v) is 6.89. The average molecular weight is 298 g/mol. The lowest BCUT2D eigenvalue weighted by Gasteiger charge is -2.13. The quantitative estimate of drug-likeness (QED) is 0.875. The van der Waals surface area contributed by atoms with Crippen LogP contribution in [0.2, 0.25) is 5.02 Å². The van der Waals surface area contributed by atoms with E-state index in [0.29, 0.717) is 0 Å². The summed E-state index contributed by atoms with van der Waals surface area (Å²) < 4.78 is 5.27. The molecule has 0 saturated heterocycles. The number of nitrogens with one attached hydrogen (secondary N) is 1. The highest BCUT2D eigenvalue weighted by atomic mass is 35.5. The number of rotatable bonds is 5. The Morgan fingerprint density at radius 3 is 2.70 bits per heavy atom. The molecule has 0 heterocycles. The van der Waals surface area contributed by atoms with Gasteiger partial charge >= 0.3 is 5.97 Å². The van der Waals surface area contributed by atoms with Crippen molar-refractivity contribution in [3.8, 4) is 5.75 Å². The van der Waals surface area contributed by atoms with Gasteiger partial charge in [0.2, 0.25) is 0 Å². The number of halogens is 1. The van der Waals surface area contributed by atoms with Gasteiger partial charge in [-0.25, -0.2) is 4.79 Å². The number of carbonyl (C=O) groups excluding carboxylic acids is 1. The Balaban J connectivity index is 1.95. The van der Waals surface area contributed by atoms with Gasteiger partial charge in [0, 0.05) is 6.04 Å². The summed E-state index contributed by atoms with van der Waals surface area (Å²) in [6.45, 7) is -0.211. The minimum Gasteiger partial charge on any atom is -0.483 e. The van der Waals surface area contributed by atoms with Gasteiger partial charge in [0.05, 0.1) is 5.02 Å². The lowest BCUT2D eigenvalue weighted by Crippen LogP contribution is -2.36. The first kappa shape index (κ1) is 14.7. The lowest BCUT2D eigenvalue weighted by atomic mass is 10.2. The fourth-order valence-corrected chi connectivity index (χ4v) is 2.56. The van der Waals surface area contributed by atoms with Gasteiger partial charge in [-0.05, 0) is 25.0 Å². The van der Waals surface area contributed by atoms with Crippen LogP contribution in [0.4, 0.5) is 0 Å². The number of hydrogen-bond acceptors (Lipinski definition) is 3. The minimum absolute atomic E-state index is 0.0891. The Hall–Kier alpha value is -1.75. The fraction of sp³-hybridized carbons (Fsp3) is 0.429. The molecule has 2 N–H and O–H groups in total. The molecule has 0 unspecified atom stereocenters. The van der Waals surface area contributed by atoms with Crippen LogP contribution in [0.3, 0.4) is 0 Å². The van der Waals surface area contributed by atoms with Gasteiger partial charge in [-0.15, -0.1) is 0 Å². The summed E-state index contributed by atoms with van der Waals surface area (Å²) in [6.07, 6.45) is 4.24. The third kappa shape index (κ3) is 3.63. The number of amides is 1. The van der Waals surface area contributed by atoms with Gasteiger partial charge in [0.15, 0.2) is 6.61 Å². The topological polar surface area (TPSA) is 75.6 Å². The van der Waals surface area contributed by atoms with Crippen LogP contribution in [-0.4, -0.2) is 29.6 Å². The third-order valence-corrected chi connectivity index (χ3v) is 3.58. The van der Waals surface area contributed by atoms with Gasteiger partial charge in [0.25, 0.3) is 5.91 Å². The van der Waals surface area contributed by atoms with Gasteiger partial charge in [-0.3, -0.25) is 4.79 Å². The molecule has 108 valence electrons. The first-order valence-electron chi connectivity index (χ1n) is 6.52. The van der Waals surface area contributed by atoms with Crippen LogP contribution in [-0.2, 0) is 4.79 Å². The number of ether oxygens (including phenoxy) is 1. The van der Waals surface area contributed by atoms with Crippen LogP contribution in [0.1, 0.15) is 36.0 Å². The Morgan fingerprint density at radius 1 is 1.35 bits per heavy atom. The number of hydrogen-bond donors (Lipinski definition) is 2. The zero-order valence-corrected chi connectivity index (χ0v) is 11.7. The third-order valence-electron chi connectivity index (χ3n) is 3.27. The maximum Gasteiger partial charge on any atom is 0.341 e. The number of carboxylic acids is 1. The summed E-state index contributed by atoms with van der Waals surface area (Å²) in [4.78, 5) is 22.8. The molecule has 1 aliphatic carbocycles. The van der Waals surface area contributed by atoms with Crippen molar-refractivity contribution in [1.29, 1.82) is 0 Å². The van der Waals surface area contributed by atoms with E-state index in [-0.39, 0.29) is 34.9 Å². The summed E-state index contributed by atoms with van der Waals surface area (Å²) in [5.41, 5.74) is -0.122. The highest BCUT2D eigenvalue weighted by Gasteiger charge is 2.19. The second kappa shape index (κ2) is 6.61. The molecule has 20 heavy (non-hydrogen) atoms. The maximum absolute atomic E-state index is 11.7. The fourth-order valence-electron chi connectivity index (χ4n) is 2.31. The predicted octanol–water partition coefficient (Wildman–Crippen LogP) is 2.48. The summed E-state index contributed by atoms with van der Waals surface area (Å²) in [5, 5.41) is 12.0. The highest BCUT2D eigenvalue weighted by molar-refractivity contribution is 6.33. The molecule has 2 rings (SSSR count). The van der Waals surface area contributed by atoms with Gasteiger partial charge in [-0.2, -0.15) is 0 Å². The molecular formula is C14H16ClNO4. The maximum atomic E-state index is 11.7. The van der Waals surface area contributed by atoms with E-state index in [4.69, 9.17) is 21.4 Å². The van der Waals surface area contributed by atoms with Crippen molar-refractivity contribution < 1.29 is 19.4 Å². The van der Waals surface area contributed by atoms with Crippen LogP contribution in [0.5, 0.6) is 5.75 Å². The minimum atomic E-state index is -1.18. The van der Waals surface area contributed by atoms with Crippen LogP contribution in [0, 0.1) is 0 Å². The number of benzene rings is 1. The molecule has 1 aromatic carbocycles. The van der Waals surface area contributed by atoms with Crippen molar-refractivity contribution in [2.24, 2.45) is 0 Å². The Kier molecular flexibility index (Phi) is 4.84. The molecule has 1 aromatic rings. The molecule has 1 amide bonds. The summed E-state index contributed by atoms with van der Waals surface area (Å²) >= 11 is 5.82. The largest absolute Gasteiger partial charge is 0.483 e. The van der Waals surface area contributed by atoms with E-state index < -0.39 is 5.97 Å². The van der Waals surface area contributed by atoms with E-state index in [1.807, 2.05) is 0 Å². The standard InChI is InChI=1S/C14H16ClNO4/c15-10-6-3-7-11(13(10)14(18)19)20-8-12(17)16-9-4-1-2-5-9/h3,6-7,9H,1-2,4-5,8H2,(H,16,17)(H,18,19). The normalized spacial score (nSPS) is 15.1. The Morgan fingerprint density at radius 2 is 2.05 bits per heavy atom. The van der Waals surface area contributed by atoms with Crippen LogP contribution < -0.4 is 10.1 Å². The second-order valence-electron chi connectivity index (χ2n) is 4.76. The zero-order chi connectivity index (χ0) is 14.5. The molecule has 0 spiro atoms. The van der Waals surface area contributed by atoms with Crippen molar-refractivity contribution in [3.63, 3.8) is 0 Å². The molecule has 0 bridgehead atoms. The van der Waals surface area contributed by atoms with Crippen molar-refractivity contribution in [2.75, 3.05) is 6.61 Å². The summed E-state index contributed by atoms with van der Waals surface area (Å²) in [6, 6.07) is 4.75. The number of aromatic carboxylic acids is 1. The molecule has 6 heteroatoms. The zero-order valence-electron chi connectivity index (χ0n) is 10.9. The molecular weight excluding hydrogens is 282 g/mol. The molecule has 0 aliphatic heterocycles. The average Bonchev–Trinajstić information content (AvgIpc) is 2.88. The van der Waals surface area contributed by atoms with Crippen molar-refractivity contribution in [3.05, 3.63) is 28.8 Å². The number of carbonyl (C=O) groups is 2. The van der Waals surface area contributed by atoms with Gasteiger partial charge < -0.3 is 15.2 Å². The molecule has 0 atom stereocenters. The van der Waals surface area contributed by atoms with Crippen molar-refractivity contribution >= 4 is 23.5 Å². The second-order valence-corrected chi connectivity index (χ2v) is 5.16. The molecule has 1 aliphatic rings. The summed E-state index contributed by atoms with van der Waals surface area (Å²) in [5.74, 6) is -1.32. The SMILES string of the molecule is O=C(COc1cccc(Cl)c1C(=O)O)NC1CCCC1. The van der Waals surface area contributed by atoms with E-state index in [0.717, 1.165) is 25.7 Å². The lowest BCUT2D eigenvalue weighted by molar-refractivity contribution is -0.123. The van der Waals surface area contributed by atoms with Crippen LogP contribution in [0.25, 0.3) is 0 Å². The predicted molar refractivity (Wildman–Crippen MR) is 74.3 cm³/mol. The monoisotopic (exact) mass is 297 g/mol. The molecule has 5 nitrogen and oxygen atoms in total. The van der Waals surface area contributed by atoms with Crippen molar-refractivity contribution in [1.82, 2.24) is 5.32 Å². The molecule has 0 aromatic heterocycles. The Bertz CT molecular complexity index is 512.